The summed E-state index contributed by atoms with van der Waals surface area (Å²) in [6.45, 7) is 6.66. The lowest BCUT2D eigenvalue weighted by molar-refractivity contribution is 0.0730. The van der Waals surface area contributed by atoms with Crippen LogP contribution in [0.5, 0.6) is 0 Å². The zero-order valence-electron chi connectivity index (χ0n) is 16.6. The van der Waals surface area contributed by atoms with Gasteiger partial charge >= 0.3 is 0 Å². The summed E-state index contributed by atoms with van der Waals surface area (Å²) in [5.41, 5.74) is 2.91. The van der Waals surface area contributed by atoms with E-state index in [4.69, 9.17) is 9.72 Å². The molecular formula is C21H25N3O3S2. The summed E-state index contributed by atoms with van der Waals surface area (Å²) in [5.74, 6) is 0. The van der Waals surface area contributed by atoms with Crippen LogP contribution in [0.2, 0.25) is 0 Å². The fourth-order valence-electron chi connectivity index (χ4n) is 3.53. The molecule has 0 saturated carbocycles. The fraction of sp³-hybridized carbons (Fsp3) is 0.381. The fourth-order valence-corrected chi connectivity index (χ4v) is 6.07. The number of sulfonamides is 1. The van der Waals surface area contributed by atoms with Crippen molar-refractivity contribution >= 4 is 32.8 Å². The second-order valence-electron chi connectivity index (χ2n) is 6.98. The molecule has 0 radical (unpaired) electrons. The van der Waals surface area contributed by atoms with Crippen molar-refractivity contribution in [3.05, 3.63) is 54.1 Å². The van der Waals surface area contributed by atoms with Crippen molar-refractivity contribution in [2.24, 2.45) is 0 Å². The van der Waals surface area contributed by atoms with Crippen LogP contribution in [0, 0.1) is 0 Å². The Labute approximate surface area is 175 Å². The maximum absolute atomic E-state index is 13.0. The van der Waals surface area contributed by atoms with Crippen molar-refractivity contribution in [3.8, 4) is 0 Å². The van der Waals surface area contributed by atoms with Crippen molar-refractivity contribution in [2.45, 2.75) is 35.7 Å². The molecule has 0 bridgehead atoms. The van der Waals surface area contributed by atoms with Crippen LogP contribution in [0.1, 0.15) is 24.7 Å². The van der Waals surface area contributed by atoms with Gasteiger partial charge in [-0.25, -0.2) is 13.4 Å². The molecule has 154 valence electrons. The number of hydrogen-bond acceptors (Lipinski definition) is 5. The summed E-state index contributed by atoms with van der Waals surface area (Å²) in [6.07, 6.45) is 0. The third-order valence-electron chi connectivity index (χ3n) is 5.16. The highest BCUT2D eigenvalue weighted by Crippen LogP contribution is 2.36. The highest BCUT2D eigenvalue weighted by molar-refractivity contribution is 7.99. The molecule has 2 aromatic carbocycles. The number of aromatic nitrogens is 2. The molecule has 8 heteroatoms. The minimum Gasteiger partial charge on any atom is -0.379 e. The molecule has 1 aromatic heterocycles. The number of imidazole rings is 1. The van der Waals surface area contributed by atoms with E-state index in [0.29, 0.717) is 36.7 Å². The average molecular weight is 432 g/mol. The van der Waals surface area contributed by atoms with Crippen molar-refractivity contribution in [1.82, 2.24) is 13.9 Å². The van der Waals surface area contributed by atoms with Gasteiger partial charge in [-0.1, -0.05) is 42.1 Å². The lowest BCUT2D eigenvalue weighted by Crippen LogP contribution is -2.40. The number of fused-ring (bicyclic) bond motifs is 1. The second-order valence-corrected chi connectivity index (χ2v) is 10.2. The van der Waals surface area contributed by atoms with Gasteiger partial charge in [0.05, 0.1) is 29.1 Å². The number of thioether (sulfide) groups is 1. The van der Waals surface area contributed by atoms with Gasteiger partial charge in [-0.05, 0) is 37.6 Å². The molecule has 4 rings (SSSR count). The average Bonchev–Trinajstić information content (AvgIpc) is 3.11. The van der Waals surface area contributed by atoms with Crippen LogP contribution in [0.4, 0.5) is 0 Å². The number of aryl methyl sites for hydroxylation is 1. The van der Waals surface area contributed by atoms with Gasteiger partial charge in [0.2, 0.25) is 10.0 Å². The van der Waals surface area contributed by atoms with E-state index in [1.54, 1.807) is 23.9 Å². The molecule has 1 fully saturated rings. The quantitative estimate of drug-likeness (QED) is 0.554. The lowest BCUT2D eigenvalue weighted by Gasteiger charge is -2.26. The summed E-state index contributed by atoms with van der Waals surface area (Å²) < 4.78 is 34.9. The number of rotatable bonds is 6. The van der Waals surface area contributed by atoms with E-state index in [1.165, 1.54) is 9.87 Å². The maximum Gasteiger partial charge on any atom is 0.243 e. The molecule has 6 nitrogen and oxygen atoms in total. The van der Waals surface area contributed by atoms with E-state index >= 15 is 0 Å². The third kappa shape index (κ3) is 4.07. The predicted octanol–water partition coefficient (Wildman–Crippen LogP) is 3.93. The van der Waals surface area contributed by atoms with Crippen LogP contribution in [0.15, 0.2) is 58.6 Å². The lowest BCUT2D eigenvalue weighted by atomic mass is 10.2. The van der Waals surface area contributed by atoms with Crippen molar-refractivity contribution in [3.63, 3.8) is 0 Å². The summed E-state index contributed by atoms with van der Waals surface area (Å²) in [6, 6.07) is 15.6. The summed E-state index contributed by atoms with van der Waals surface area (Å²) >= 11 is 1.69. The van der Waals surface area contributed by atoms with E-state index < -0.39 is 10.0 Å². The Morgan fingerprint density at radius 2 is 1.86 bits per heavy atom. The number of benzene rings is 2. The standard InChI is InChI=1S/C21H25N3O3S2/c1-3-24-20-10-9-18(29(25,26)23-11-13-27-14-12-23)15-19(20)22-21(24)28-16(2)17-7-5-4-6-8-17/h4-10,15-16H,3,11-14H2,1-2H3. The highest BCUT2D eigenvalue weighted by atomic mass is 32.2. The van der Waals surface area contributed by atoms with Gasteiger partial charge in [-0.2, -0.15) is 4.31 Å². The smallest absolute Gasteiger partial charge is 0.243 e. The van der Waals surface area contributed by atoms with E-state index in [2.05, 4.69) is 30.5 Å². The van der Waals surface area contributed by atoms with E-state index in [0.717, 1.165) is 17.2 Å². The Morgan fingerprint density at radius 1 is 1.14 bits per heavy atom. The summed E-state index contributed by atoms with van der Waals surface area (Å²) in [4.78, 5) is 5.08. The maximum atomic E-state index is 13.0. The molecule has 29 heavy (non-hydrogen) atoms. The van der Waals surface area contributed by atoms with E-state index in [9.17, 15) is 8.42 Å². The van der Waals surface area contributed by atoms with Crippen molar-refractivity contribution in [2.75, 3.05) is 26.3 Å². The molecule has 0 amide bonds. The van der Waals surface area contributed by atoms with Crippen LogP contribution in [0.3, 0.4) is 0 Å². The largest absolute Gasteiger partial charge is 0.379 e. The zero-order chi connectivity index (χ0) is 20.4. The molecule has 2 heterocycles. The first-order valence-corrected chi connectivity index (χ1v) is 12.1. The zero-order valence-corrected chi connectivity index (χ0v) is 18.2. The molecular weight excluding hydrogens is 406 g/mol. The first kappa shape index (κ1) is 20.4. The number of morpholine rings is 1. The molecule has 1 aliphatic heterocycles. The van der Waals surface area contributed by atoms with Gasteiger partial charge in [0, 0.05) is 24.9 Å². The van der Waals surface area contributed by atoms with Crippen LogP contribution in [-0.2, 0) is 21.3 Å². The Hall–Kier alpha value is -1.87. The third-order valence-corrected chi connectivity index (χ3v) is 8.20. The molecule has 1 aliphatic rings. The van der Waals surface area contributed by atoms with Gasteiger partial charge in [0.1, 0.15) is 0 Å². The molecule has 1 atom stereocenters. The first-order valence-electron chi connectivity index (χ1n) is 9.80. The molecule has 0 N–H and O–H groups in total. The van der Waals surface area contributed by atoms with E-state index in [1.807, 2.05) is 24.3 Å². The van der Waals surface area contributed by atoms with Crippen LogP contribution in [-0.4, -0.2) is 48.6 Å². The number of hydrogen-bond donors (Lipinski definition) is 0. The summed E-state index contributed by atoms with van der Waals surface area (Å²) in [5, 5.41) is 1.15. The van der Waals surface area contributed by atoms with Gasteiger partial charge in [0.25, 0.3) is 0 Å². The molecule has 0 aliphatic carbocycles. The van der Waals surface area contributed by atoms with Crippen molar-refractivity contribution < 1.29 is 13.2 Å². The van der Waals surface area contributed by atoms with Crippen molar-refractivity contribution in [1.29, 1.82) is 0 Å². The van der Waals surface area contributed by atoms with Gasteiger partial charge in [0.15, 0.2) is 5.16 Å². The van der Waals surface area contributed by atoms with Crippen LogP contribution >= 0.6 is 11.8 Å². The Bertz CT molecular complexity index is 1090. The normalized spacial score (nSPS) is 16.9. The topological polar surface area (TPSA) is 64.4 Å². The van der Waals surface area contributed by atoms with Crippen LogP contribution < -0.4 is 0 Å². The SMILES string of the molecule is CCn1c(SC(C)c2ccccc2)nc2cc(S(=O)(=O)N3CCOCC3)ccc21. The molecule has 1 unspecified atom stereocenters. The number of ether oxygens (including phenoxy) is 1. The van der Waals surface area contributed by atoms with Gasteiger partial charge in [-0.15, -0.1) is 0 Å². The second kappa shape index (κ2) is 8.47. The molecule has 1 saturated heterocycles. The van der Waals surface area contributed by atoms with Gasteiger partial charge in [-0.3, -0.25) is 0 Å². The first-order chi connectivity index (χ1) is 14.0. The highest BCUT2D eigenvalue weighted by Gasteiger charge is 2.27. The van der Waals surface area contributed by atoms with Crippen LogP contribution in [0.25, 0.3) is 11.0 Å². The predicted molar refractivity (Wildman–Crippen MR) is 116 cm³/mol. The minimum absolute atomic E-state index is 0.245. The van der Waals surface area contributed by atoms with E-state index in [-0.39, 0.29) is 5.25 Å². The minimum atomic E-state index is -3.53. The summed E-state index contributed by atoms with van der Waals surface area (Å²) in [7, 11) is -3.53. The molecule has 0 spiro atoms. The number of nitrogens with zero attached hydrogens (tertiary/aromatic N) is 3. The molecule has 3 aromatic rings. The Morgan fingerprint density at radius 3 is 2.55 bits per heavy atom. The Kier molecular flexibility index (Phi) is 5.96. The van der Waals surface area contributed by atoms with Gasteiger partial charge < -0.3 is 9.30 Å². The monoisotopic (exact) mass is 431 g/mol. The Balaban J connectivity index is 1.67.